The standard InChI is InChI=1S/C21H22N4O2S/c26-19(13-16-1-3-18(4-2-16)25-14-22-23-15-25)24-9-7-21(8-10-24)20-17(5-11-27-21)6-12-28-20/h1-4,6,12,14-15H,5,7-11,13H2. The van der Waals surface area contributed by atoms with Crippen molar-refractivity contribution in [3.63, 3.8) is 0 Å². The number of carbonyl (C=O) groups excluding carboxylic acids is 1. The van der Waals surface area contributed by atoms with E-state index >= 15 is 0 Å². The van der Waals surface area contributed by atoms with E-state index in [0.29, 0.717) is 6.42 Å². The quantitative estimate of drug-likeness (QED) is 0.685. The lowest BCUT2D eigenvalue weighted by Crippen LogP contribution is -2.48. The summed E-state index contributed by atoms with van der Waals surface area (Å²) in [5.74, 6) is 0.189. The van der Waals surface area contributed by atoms with Crippen LogP contribution in [0.1, 0.15) is 28.8 Å². The Kier molecular flexibility index (Phi) is 4.49. The maximum Gasteiger partial charge on any atom is 0.226 e. The summed E-state index contributed by atoms with van der Waals surface area (Å²) < 4.78 is 8.09. The van der Waals surface area contributed by atoms with Gasteiger partial charge < -0.3 is 9.64 Å². The summed E-state index contributed by atoms with van der Waals surface area (Å²) in [6.45, 7) is 2.31. The van der Waals surface area contributed by atoms with Gasteiger partial charge in [0.1, 0.15) is 18.3 Å². The van der Waals surface area contributed by atoms with Crippen molar-refractivity contribution in [1.82, 2.24) is 19.7 Å². The minimum Gasteiger partial charge on any atom is -0.369 e. The highest BCUT2D eigenvalue weighted by molar-refractivity contribution is 7.10. The summed E-state index contributed by atoms with van der Waals surface area (Å²) in [7, 11) is 0. The maximum absolute atomic E-state index is 12.8. The van der Waals surface area contributed by atoms with Crippen LogP contribution in [0.3, 0.4) is 0 Å². The third-order valence-corrected chi connectivity index (χ3v) is 6.98. The number of amides is 1. The van der Waals surface area contributed by atoms with Gasteiger partial charge in [-0.2, -0.15) is 0 Å². The van der Waals surface area contributed by atoms with Gasteiger partial charge in [0.15, 0.2) is 0 Å². The third kappa shape index (κ3) is 3.14. The molecule has 0 atom stereocenters. The zero-order valence-corrected chi connectivity index (χ0v) is 16.4. The molecule has 7 heteroatoms. The summed E-state index contributed by atoms with van der Waals surface area (Å²) in [5, 5.41) is 9.81. The molecule has 1 aromatic carbocycles. The number of ether oxygens (including phenoxy) is 1. The predicted octanol–water partition coefficient (Wildman–Crippen LogP) is 2.96. The van der Waals surface area contributed by atoms with Gasteiger partial charge in [-0.05, 0) is 54.0 Å². The molecule has 0 aliphatic carbocycles. The van der Waals surface area contributed by atoms with Crippen molar-refractivity contribution in [2.75, 3.05) is 19.7 Å². The van der Waals surface area contributed by atoms with Crippen LogP contribution in [0.5, 0.6) is 0 Å². The van der Waals surface area contributed by atoms with Gasteiger partial charge in [0.05, 0.1) is 13.0 Å². The number of hydrogen-bond donors (Lipinski definition) is 0. The largest absolute Gasteiger partial charge is 0.369 e. The number of likely N-dealkylation sites (tertiary alicyclic amines) is 1. The topological polar surface area (TPSA) is 60.2 Å². The lowest BCUT2D eigenvalue weighted by atomic mass is 9.85. The number of carbonyl (C=O) groups is 1. The molecule has 2 aliphatic heterocycles. The van der Waals surface area contributed by atoms with Crippen LogP contribution < -0.4 is 0 Å². The number of piperidine rings is 1. The first-order valence-corrected chi connectivity index (χ1v) is 10.5. The molecule has 4 heterocycles. The second-order valence-electron chi connectivity index (χ2n) is 7.46. The lowest BCUT2D eigenvalue weighted by Gasteiger charge is -2.43. The van der Waals surface area contributed by atoms with E-state index in [4.69, 9.17) is 4.74 Å². The van der Waals surface area contributed by atoms with Crippen LogP contribution in [0.15, 0.2) is 48.4 Å². The highest BCUT2D eigenvalue weighted by Crippen LogP contribution is 2.44. The first kappa shape index (κ1) is 17.6. The monoisotopic (exact) mass is 394 g/mol. The SMILES string of the molecule is O=C(Cc1ccc(-n2cnnc2)cc1)N1CCC2(CC1)OCCc1ccsc12. The van der Waals surface area contributed by atoms with Crippen molar-refractivity contribution in [3.8, 4) is 5.69 Å². The zero-order valence-electron chi connectivity index (χ0n) is 15.6. The van der Waals surface area contributed by atoms with E-state index in [1.807, 2.05) is 33.7 Å². The molecule has 2 aliphatic rings. The van der Waals surface area contributed by atoms with Crippen LogP contribution in [0.2, 0.25) is 0 Å². The molecule has 1 fully saturated rings. The molecule has 144 valence electrons. The first-order valence-electron chi connectivity index (χ1n) is 9.66. The van der Waals surface area contributed by atoms with E-state index in [2.05, 4.69) is 21.6 Å². The average molecular weight is 395 g/mol. The fourth-order valence-corrected chi connectivity index (χ4v) is 5.42. The molecule has 3 aromatic rings. The lowest BCUT2D eigenvalue weighted by molar-refractivity contribution is -0.139. The van der Waals surface area contributed by atoms with Gasteiger partial charge in [-0.1, -0.05) is 12.1 Å². The Morgan fingerprint density at radius 3 is 2.61 bits per heavy atom. The number of fused-ring (bicyclic) bond motifs is 2. The fraction of sp³-hybridized carbons (Fsp3) is 0.381. The molecule has 1 spiro atoms. The molecule has 5 rings (SSSR count). The summed E-state index contributed by atoms with van der Waals surface area (Å²) in [6, 6.07) is 10.2. The van der Waals surface area contributed by atoms with Crippen molar-refractivity contribution in [1.29, 1.82) is 0 Å². The van der Waals surface area contributed by atoms with E-state index in [0.717, 1.165) is 50.2 Å². The molecular weight excluding hydrogens is 372 g/mol. The van der Waals surface area contributed by atoms with Gasteiger partial charge in [-0.15, -0.1) is 21.5 Å². The average Bonchev–Trinajstić information content (AvgIpc) is 3.42. The predicted molar refractivity (Wildman–Crippen MR) is 107 cm³/mol. The van der Waals surface area contributed by atoms with Crippen LogP contribution in [0, 0.1) is 0 Å². The number of nitrogens with zero attached hydrogens (tertiary/aromatic N) is 4. The summed E-state index contributed by atoms with van der Waals surface area (Å²) in [5.41, 5.74) is 3.28. The van der Waals surface area contributed by atoms with E-state index in [1.165, 1.54) is 10.4 Å². The van der Waals surface area contributed by atoms with Gasteiger partial charge in [0.2, 0.25) is 5.91 Å². The van der Waals surface area contributed by atoms with Crippen LogP contribution in [0.4, 0.5) is 0 Å². The highest BCUT2D eigenvalue weighted by Gasteiger charge is 2.42. The molecule has 1 saturated heterocycles. The van der Waals surface area contributed by atoms with Crippen LogP contribution in [-0.4, -0.2) is 45.3 Å². The Balaban J connectivity index is 1.22. The van der Waals surface area contributed by atoms with Crippen molar-refractivity contribution >= 4 is 17.2 Å². The van der Waals surface area contributed by atoms with E-state index < -0.39 is 0 Å². The van der Waals surface area contributed by atoms with E-state index in [9.17, 15) is 4.79 Å². The highest BCUT2D eigenvalue weighted by atomic mass is 32.1. The normalized spacial score (nSPS) is 18.2. The van der Waals surface area contributed by atoms with Crippen LogP contribution in [0.25, 0.3) is 5.69 Å². The van der Waals surface area contributed by atoms with Crippen LogP contribution >= 0.6 is 11.3 Å². The minimum absolute atomic E-state index is 0.168. The number of rotatable bonds is 3. The second kappa shape index (κ2) is 7.14. The van der Waals surface area contributed by atoms with Crippen molar-refractivity contribution in [3.05, 3.63) is 64.4 Å². The van der Waals surface area contributed by atoms with E-state index in [1.54, 1.807) is 24.0 Å². The molecule has 2 aromatic heterocycles. The first-order chi connectivity index (χ1) is 13.7. The minimum atomic E-state index is -0.168. The zero-order chi connectivity index (χ0) is 19.0. The summed E-state index contributed by atoms with van der Waals surface area (Å²) in [6.07, 6.45) is 6.54. The Labute approximate surface area is 167 Å². The molecule has 1 amide bonds. The van der Waals surface area contributed by atoms with Gasteiger partial charge in [-0.3, -0.25) is 9.36 Å². The van der Waals surface area contributed by atoms with E-state index in [-0.39, 0.29) is 11.5 Å². The molecule has 6 nitrogen and oxygen atoms in total. The van der Waals surface area contributed by atoms with Crippen molar-refractivity contribution < 1.29 is 9.53 Å². The van der Waals surface area contributed by atoms with Gasteiger partial charge >= 0.3 is 0 Å². The van der Waals surface area contributed by atoms with Crippen molar-refractivity contribution in [2.24, 2.45) is 0 Å². The van der Waals surface area contributed by atoms with Gasteiger partial charge in [0.25, 0.3) is 0 Å². The Morgan fingerprint density at radius 2 is 1.86 bits per heavy atom. The molecule has 0 unspecified atom stereocenters. The maximum atomic E-state index is 12.8. The molecule has 0 radical (unpaired) electrons. The van der Waals surface area contributed by atoms with Gasteiger partial charge in [-0.25, -0.2) is 0 Å². The summed E-state index contributed by atoms with van der Waals surface area (Å²) >= 11 is 1.80. The Hall–Kier alpha value is -2.51. The Bertz CT molecular complexity index is 957. The second-order valence-corrected chi connectivity index (χ2v) is 8.38. The molecule has 0 saturated carbocycles. The van der Waals surface area contributed by atoms with Gasteiger partial charge in [0, 0.05) is 23.7 Å². The van der Waals surface area contributed by atoms with Crippen molar-refractivity contribution in [2.45, 2.75) is 31.3 Å². The molecule has 28 heavy (non-hydrogen) atoms. The number of benzene rings is 1. The third-order valence-electron chi connectivity index (χ3n) is 5.84. The Morgan fingerprint density at radius 1 is 1.11 bits per heavy atom. The molecule has 0 N–H and O–H groups in total. The number of thiophene rings is 1. The molecular formula is C21H22N4O2S. The fourth-order valence-electron chi connectivity index (χ4n) is 4.25. The molecule has 0 bridgehead atoms. The van der Waals surface area contributed by atoms with Crippen LogP contribution in [-0.2, 0) is 28.0 Å². The number of hydrogen-bond acceptors (Lipinski definition) is 5. The summed E-state index contributed by atoms with van der Waals surface area (Å²) in [4.78, 5) is 16.2. The number of aromatic nitrogens is 3. The smallest absolute Gasteiger partial charge is 0.226 e.